The first-order chi connectivity index (χ1) is 6.27. The number of rotatable bonds is 5. The van der Waals surface area contributed by atoms with Crippen LogP contribution in [0, 0.1) is 0 Å². The first kappa shape index (κ1) is 10.1. The molecule has 0 amide bonds. The van der Waals surface area contributed by atoms with Crippen LogP contribution in [0.4, 0.5) is 0 Å². The summed E-state index contributed by atoms with van der Waals surface area (Å²) in [4.78, 5) is 11.1. The summed E-state index contributed by atoms with van der Waals surface area (Å²) in [6.07, 6.45) is 4.36. The topological polar surface area (TPSA) is 37.8 Å². The highest BCUT2D eigenvalue weighted by Gasteiger charge is 2.01. The molecule has 0 radical (unpaired) electrons. The third kappa shape index (κ3) is 2.76. The van der Waals surface area contributed by atoms with Gasteiger partial charge >= 0.3 is 0 Å². The average molecular weight is 182 g/mol. The number of nitrogens with zero attached hydrogens (tertiary/aromatic N) is 1. The van der Waals surface area contributed by atoms with E-state index in [0.717, 1.165) is 37.9 Å². The third-order valence-electron chi connectivity index (χ3n) is 2.13. The highest BCUT2D eigenvalue weighted by Crippen LogP contribution is 2.01. The normalized spacial score (nSPS) is 10.6. The van der Waals surface area contributed by atoms with Crippen LogP contribution in [0.2, 0.25) is 0 Å². The maximum Gasteiger partial charge on any atom is 0.264 e. The lowest BCUT2D eigenvalue weighted by Gasteiger charge is -2.05. The molecule has 1 aromatic heterocycles. The number of hydrogen-bond donors (Lipinski definition) is 1. The van der Waals surface area contributed by atoms with Crippen LogP contribution in [-0.2, 0) is 13.0 Å². The lowest BCUT2D eigenvalue weighted by Crippen LogP contribution is -2.07. The van der Waals surface area contributed by atoms with Gasteiger partial charge in [-0.3, -0.25) is 14.6 Å². The number of unbranched alkanes of at least 4 members (excludes halogenated alkanes) is 1. The van der Waals surface area contributed by atoms with Crippen molar-refractivity contribution in [1.29, 1.82) is 0 Å². The van der Waals surface area contributed by atoms with Crippen LogP contribution in [0.5, 0.6) is 0 Å². The van der Waals surface area contributed by atoms with Gasteiger partial charge in [0.15, 0.2) is 0 Å². The molecule has 0 atom stereocenters. The van der Waals surface area contributed by atoms with Gasteiger partial charge in [0.1, 0.15) is 0 Å². The fourth-order valence-corrected chi connectivity index (χ4v) is 1.45. The summed E-state index contributed by atoms with van der Waals surface area (Å²) in [6, 6.07) is 1.71. The zero-order valence-corrected chi connectivity index (χ0v) is 8.47. The first-order valence-electron chi connectivity index (χ1n) is 5.06. The number of aryl methyl sites for hydroxylation is 2. The van der Waals surface area contributed by atoms with Gasteiger partial charge < -0.3 is 0 Å². The predicted octanol–water partition coefficient (Wildman–Crippen LogP) is 1.93. The Bertz CT molecular complexity index is 298. The molecule has 0 saturated heterocycles. The van der Waals surface area contributed by atoms with Crippen LogP contribution < -0.4 is 5.56 Å². The lowest BCUT2D eigenvalue weighted by molar-refractivity contribution is 0.543. The smallest absolute Gasteiger partial charge is 0.264 e. The third-order valence-corrected chi connectivity index (χ3v) is 2.13. The summed E-state index contributed by atoms with van der Waals surface area (Å²) in [7, 11) is 0. The van der Waals surface area contributed by atoms with Crippen molar-refractivity contribution in [2.24, 2.45) is 0 Å². The number of hydrogen-bond acceptors (Lipinski definition) is 1. The Morgan fingerprint density at radius 2 is 2.15 bits per heavy atom. The van der Waals surface area contributed by atoms with Gasteiger partial charge in [0, 0.05) is 18.3 Å². The Morgan fingerprint density at radius 3 is 2.77 bits per heavy atom. The van der Waals surface area contributed by atoms with Crippen molar-refractivity contribution in [1.82, 2.24) is 9.78 Å². The van der Waals surface area contributed by atoms with E-state index in [1.165, 1.54) is 0 Å². The zero-order chi connectivity index (χ0) is 9.68. The second kappa shape index (κ2) is 4.90. The fraction of sp³-hybridized carbons (Fsp3) is 0.700. The standard InChI is InChI=1S/C10H18N2O/c1-3-5-7-12-9(6-4-2)8-10(13)11-12/h8H,3-7H2,1-2H3,(H,11,13). The van der Waals surface area contributed by atoms with Gasteiger partial charge in [-0.05, 0) is 12.8 Å². The van der Waals surface area contributed by atoms with E-state index in [-0.39, 0.29) is 5.56 Å². The van der Waals surface area contributed by atoms with Crippen molar-refractivity contribution in [3.63, 3.8) is 0 Å². The van der Waals surface area contributed by atoms with E-state index in [4.69, 9.17) is 0 Å². The van der Waals surface area contributed by atoms with Crippen LogP contribution in [0.1, 0.15) is 38.8 Å². The summed E-state index contributed by atoms with van der Waals surface area (Å²) in [5, 5.41) is 2.83. The number of aromatic nitrogens is 2. The highest BCUT2D eigenvalue weighted by molar-refractivity contribution is 5.00. The van der Waals surface area contributed by atoms with Crippen molar-refractivity contribution in [2.75, 3.05) is 0 Å². The van der Waals surface area contributed by atoms with E-state index < -0.39 is 0 Å². The Hall–Kier alpha value is -0.990. The lowest BCUT2D eigenvalue weighted by atomic mass is 10.2. The van der Waals surface area contributed by atoms with Crippen LogP contribution in [0.15, 0.2) is 10.9 Å². The second-order valence-corrected chi connectivity index (χ2v) is 3.37. The summed E-state index contributed by atoms with van der Waals surface area (Å²) in [5.41, 5.74) is 1.17. The summed E-state index contributed by atoms with van der Waals surface area (Å²) >= 11 is 0. The summed E-state index contributed by atoms with van der Waals surface area (Å²) < 4.78 is 1.98. The van der Waals surface area contributed by atoms with Crippen molar-refractivity contribution in [2.45, 2.75) is 46.1 Å². The minimum atomic E-state index is 0.0274. The molecule has 0 bridgehead atoms. The number of nitrogens with one attached hydrogen (secondary N) is 1. The number of H-pyrrole nitrogens is 1. The quantitative estimate of drug-likeness (QED) is 0.742. The van der Waals surface area contributed by atoms with Crippen molar-refractivity contribution in [3.05, 3.63) is 22.1 Å². The van der Waals surface area contributed by atoms with E-state index in [1.54, 1.807) is 6.07 Å². The van der Waals surface area contributed by atoms with Gasteiger partial charge in [-0.15, -0.1) is 0 Å². The molecule has 0 saturated carbocycles. The molecule has 0 fully saturated rings. The Kier molecular flexibility index (Phi) is 3.80. The minimum Gasteiger partial charge on any atom is -0.289 e. The molecule has 3 nitrogen and oxygen atoms in total. The van der Waals surface area contributed by atoms with E-state index in [9.17, 15) is 4.79 Å². The number of aromatic amines is 1. The fourth-order valence-electron chi connectivity index (χ4n) is 1.45. The van der Waals surface area contributed by atoms with Crippen LogP contribution >= 0.6 is 0 Å². The monoisotopic (exact) mass is 182 g/mol. The van der Waals surface area contributed by atoms with Crippen LogP contribution in [0.25, 0.3) is 0 Å². The first-order valence-corrected chi connectivity index (χ1v) is 5.06. The SMILES string of the molecule is CCCCn1[nH]c(=O)cc1CCC. The summed E-state index contributed by atoms with van der Waals surface area (Å²) in [6.45, 7) is 5.22. The van der Waals surface area contributed by atoms with E-state index in [2.05, 4.69) is 18.9 Å². The second-order valence-electron chi connectivity index (χ2n) is 3.37. The zero-order valence-electron chi connectivity index (χ0n) is 8.47. The van der Waals surface area contributed by atoms with Gasteiger partial charge in [-0.1, -0.05) is 26.7 Å². The molecule has 1 rings (SSSR count). The molecule has 74 valence electrons. The molecule has 0 unspecified atom stereocenters. The maximum absolute atomic E-state index is 11.1. The molecule has 1 aromatic rings. The molecule has 3 heteroatoms. The molecule has 13 heavy (non-hydrogen) atoms. The molecule has 0 aromatic carbocycles. The minimum absolute atomic E-state index is 0.0274. The highest BCUT2D eigenvalue weighted by atomic mass is 16.1. The van der Waals surface area contributed by atoms with Crippen LogP contribution in [-0.4, -0.2) is 9.78 Å². The van der Waals surface area contributed by atoms with Gasteiger partial charge in [0.25, 0.3) is 5.56 Å². The Morgan fingerprint density at radius 1 is 1.38 bits per heavy atom. The summed E-state index contributed by atoms with van der Waals surface area (Å²) in [5.74, 6) is 0. The van der Waals surface area contributed by atoms with Crippen molar-refractivity contribution in [3.8, 4) is 0 Å². The molecule has 1 N–H and O–H groups in total. The van der Waals surface area contributed by atoms with Gasteiger partial charge in [0.05, 0.1) is 0 Å². The van der Waals surface area contributed by atoms with Gasteiger partial charge in [0.2, 0.25) is 0 Å². The Balaban J connectivity index is 2.72. The molecular formula is C10H18N2O. The molecule has 1 heterocycles. The predicted molar refractivity (Wildman–Crippen MR) is 54.0 cm³/mol. The van der Waals surface area contributed by atoms with Crippen LogP contribution in [0.3, 0.4) is 0 Å². The van der Waals surface area contributed by atoms with E-state index >= 15 is 0 Å². The molecule has 0 aliphatic heterocycles. The van der Waals surface area contributed by atoms with E-state index in [0.29, 0.717) is 0 Å². The van der Waals surface area contributed by atoms with E-state index in [1.807, 2.05) is 4.68 Å². The Labute approximate surface area is 78.8 Å². The average Bonchev–Trinajstić information content (AvgIpc) is 2.44. The molecule has 0 aliphatic carbocycles. The maximum atomic E-state index is 11.1. The van der Waals surface area contributed by atoms with Gasteiger partial charge in [-0.2, -0.15) is 0 Å². The van der Waals surface area contributed by atoms with Crippen molar-refractivity contribution >= 4 is 0 Å². The molecular weight excluding hydrogens is 164 g/mol. The van der Waals surface area contributed by atoms with Gasteiger partial charge in [-0.25, -0.2) is 0 Å². The molecule has 0 aliphatic rings. The molecule has 0 spiro atoms. The van der Waals surface area contributed by atoms with Crippen molar-refractivity contribution < 1.29 is 0 Å². The largest absolute Gasteiger partial charge is 0.289 e.